The Kier molecular flexibility index (Phi) is 5.32. The van der Waals surface area contributed by atoms with Crippen LogP contribution in [-0.4, -0.2) is 12.6 Å². The number of ether oxygens (including phenoxy) is 1. The smallest absolute Gasteiger partial charge is 0.327 e. The van der Waals surface area contributed by atoms with E-state index in [9.17, 15) is 10.1 Å². The fourth-order valence-electron chi connectivity index (χ4n) is 2.14. The van der Waals surface area contributed by atoms with Gasteiger partial charge in [-0.1, -0.05) is 43.3 Å². The standard InChI is InChI=1S/C16H19NO2/c1-4-11-16(12-17,15(18)19-5-2)13(3)14-9-7-6-8-10-14/h4,6-10,13H,1,5,11H2,2-3H3/t13-,16+/m0/s1. The molecule has 0 aliphatic carbocycles. The van der Waals surface area contributed by atoms with Gasteiger partial charge in [-0.2, -0.15) is 5.26 Å². The first-order valence-electron chi connectivity index (χ1n) is 6.36. The van der Waals surface area contributed by atoms with Crippen LogP contribution in [0, 0.1) is 16.7 Å². The SMILES string of the molecule is C=CC[C@](C#N)(C(=O)OCC)[C@@H](C)c1ccccc1. The molecule has 0 bridgehead atoms. The molecule has 1 rings (SSSR count). The van der Waals surface area contributed by atoms with Crippen LogP contribution in [0.5, 0.6) is 0 Å². The van der Waals surface area contributed by atoms with E-state index in [1.807, 2.05) is 37.3 Å². The van der Waals surface area contributed by atoms with E-state index in [1.54, 1.807) is 13.0 Å². The Morgan fingerprint density at radius 3 is 2.63 bits per heavy atom. The maximum atomic E-state index is 12.2. The Hall–Kier alpha value is -2.08. The molecule has 0 radical (unpaired) electrons. The summed E-state index contributed by atoms with van der Waals surface area (Å²) in [6, 6.07) is 11.7. The molecule has 0 fully saturated rings. The second kappa shape index (κ2) is 6.75. The number of esters is 1. The quantitative estimate of drug-likeness (QED) is 0.579. The van der Waals surface area contributed by atoms with Crippen molar-refractivity contribution in [3.8, 4) is 6.07 Å². The zero-order valence-corrected chi connectivity index (χ0v) is 11.4. The lowest BCUT2D eigenvalue weighted by Gasteiger charge is -2.29. The third kappa shape index (κ3) is 3.03. The van der Waals surface area contributed by atoms with Gasteiger partial charge in [-0.05, 0) is 18.9 Å². The largest absolute Gasteiger partial charge is 0.465 e. The molecule has 0 unspecified atom stereocenters. The van der Waals surface area contributed by atoms with E-state index in [1.165, 1.54) is 0 Å². The first-order valence-corrected chi connectivity index (χ1v) is 6.36. The first-order chi connectivity index (χ1) is 9.12. The molecule has 100 valence electrons. The van der Waals surface area contributed by atoms with E-state index in [0.717, 1.165) is 5.56 Å². The molecule has 3 nitrogen and oxygen atoms in total. The molecular formula is C16H19NO2. The van der Waals surface area contributed by atoms with Crippen LogP contribution < -0.4 is 0 Å². The normalized spacial score (nSPS) is 14.8. The third-order valence-corrected chi connectivity index (χ3v) is 3.34. The molecule has 0 N–H and O–H groups in total. The van der Waals surface area contributed by atoms with Crippen molar-refractivity contribution >= 4 is 5.97 Å². The Balaban J connectivity index is 3.20. The van der Waals surface area contributed by atoms with Crippen LogP contribution in [0.3, 0.4) is 0 Å². The molecule has 1 aromatic rings. The van der Waals surface area contributed by atoms with E-state index in [0.29, 0.717) is 0 Å². The molecule has 3 heteroatoms. The maximum absolute atomic E-state index is 12.2. The van der Waals surface area contributed by atoms with Gasteiger partial charge < -0.3 is 4.74 Å². The van der Waals surface area contributed by atoms with Gasteiger partial charge in [0.05, 0.1) is 12.7 Å². The average Bonchev–Trinajstić information content (AvgIpc) is 2.45. The number of carbonyl (C=O) groups excluding carboxylic acids is 1. The van der Waals surface area contributed by atoms with Crippen LogP contribution in [0.25, 0.3) is 0 Å². The minimum Gasteiger partial charge on any atom is -0.465 e. The van der Waals surface area contributed by atoms with Crippen molar-refractivity contribution in [2.24, 2.45) is 5.41 Å². The Morgan fingerprint density at radius 2 is 2.16 bits per heavy atom. The van der Waals surface area contributed by atoms with Gasteiger partial charge in [-0.15, -0.1) is 6.58 Å². The van der Waals surface area contributed by atoms with Gasteiger partial charge in [-0.25, -0.2) is 0 Å². The van der Waals surface area contributed by atoms with Crippen molar-refractivity contribution in [3.63, 3.8) is 0 Å². The van der Waals surface area contributed by atoms with Crippen LogP contribution in [0.15, 0.2) is 43.0 Å². The van der Waals surface area contributed by atoms with Crippen LogP contribution in [0.1, 0.15) is 31.7 Å². The monoisotopic (exact) mass is 257 g/mol. The summed E-state index contributed by atoms with van der Waals surface area (Å²) in [6.07, 6.45) is 1.87. The van der Waals surface area contributed by atoms with Crippen molar-refractivity contribution in [1.29, 1.82) is 5.26 Å². The molecule has 0 aromatic heterocycles. The van der Waals surface area contributed by atoms with E-state index in [2.05, 4.69) is 12.6 Å². The zero-order chi connectivity index (χ0) is 14.3. The molecule has 0 heterocycles. The van der Waals surface area contributed by atoms with E-state index in [4.69, 9.17) is 4.74 Å². The highest BCUT2D eigenvalue weighted by Crippen LogP contribution is 2.40. The number of allylic oxidation sites excluding steroid dienone is 1. The summed E-state index contributed by atoms with van der Waals surface area (Å²) in [6.45, 7) is 7.53. The van der Waals surface area contributed by atoms with Crippen molar-refractivity contribution in [1.82, 2.24) is 0 Å². The van der Waals surface area contributed by atoms with Gasteiger partial charge in [0.15, 0.2) is 5.41 Å². The molecular weight excluding hydrogens is 238 g/mol. The highest BCUT2D eigenvalue weighted by Gasteiger charge is 2.45. The predicted molar refractivity (Wildman–Crippen MR) is 74.4 cm³/mol. The second-order valence-corrected chi connectivity index (χ2v) is 4.43. The number of carbonyl (C=O) groups is 1. The molecule has 0 aliphatic rings. The molecule has 1 aromatic carbocycles. The van der Waals surface area contributed by atoms with Crippen molar-refractivity contribution < 1.29 is 9.53 Å². The molecule has 0 saturated heterocycles. The van der Waals surface area contributed by atoms with Gasteiger partial charge in [-0.3, -0.25) is 4.79 Å². The van der Waals surface area contributed by atoms with Gasteiger partial charge in [0.1, 0.15) is 0 Å². The van der Waals surface area contributed by atoms with Gasteiger partial charge >= 0.3 is 5.97 Å². The number of benzene rings is 1. The summed E-state index contributed by atoms with van der Waals surface area (Å²) < 4.78 is 5.08. The van der Waals surface area contributed by atoms with Crippen LogP contribution in [-0.2, 0) is 9.53 Å². The highest BCUT2D eigenvalue weighted by molar-refractivity contribution is 5.81. The van der Waals surface area contributed by atoms with Crippen molar-refractivity contribution in [3.05, 3.63) is 48.6 Å². The molecule has 0 aliphatic heterocycles. The number of nitriles is 1. The summed E-state index contributed by atoms with van der Waals surface area (Å²) in [5, 5.41) is 9.54. The Bertz CT molecular complexity index is 475. The minimum atomic E-state index is -1.21. The minimum absolute atomic E-state index is 0.254. The summed E-state index contributed by atoms with van der Waals surface area (Å²) >= 11 is 0. The van der Waals surface area contributed by atoms with Gasteiger partial charge in [0.2, 0.25) is 0 Å². The zero-order valence-electron chi connectivity index (χ0n) is 11.4. The van der Waals surface area contributed by atoms with Crippen LogP contribution in [0.4, 0.5) is 0 Å². The lowest BCUT2D eigenvalue weighted by molar-refractivity contribution is -0.152. The van der Waals surface area contributed by atoms with Crippen molar-refractivity contribution in [2.75, 3.05) is 6.61 Å². The Labute approximate surface area is 114 Å². The maximum Gasteiger partial charge on any atom is 0.327 e. The number of hydrogen-bond acceptors (Lipinski definition) is 3. The topological polar surface area (TPSA) is 50.1 Å². The lowest BCUT2D eigenvalue weighted by Crippen LogP contribution is -2.36. The van der Waals surface area contributed by atoms with Crippen LogP contribution in [0.2, 0.25) is 0 Å². The number of rotatable bonds is 6. The Morgan fingerprint density at radius 1 is 1.53 bits per heavy atom. The molecule has 0 amide bonds. The second-order valence-electron chi connectivity index (χ2n) is 4.43. The molecule has 0 saturated carbocycles. The third-order valence-electron chi connectivity index (χ3n) is 3.34. The first kappa shape index (κ1) is 15.0. The highest BCUT2D eigenvalue weighted by atomic mass is 16.5. The fourth-order valence-corrected chi connectivity index (χ4v) is 2.14. The van der Waals surface area contributed by atoms with Crippen LogP contribution >= 0.6 is 0 Å². The predicted octanol–water partition coefficient (Wildman–Crippen LogP) is 3.44. The molecule has 19 heavy (non-hydrogen) atoms. The lowest BCUT2D eigenvalue weighted by atomic mass is 9.71. The number of nitrogens with zero attached hydrogens (tertiary/aromatic N) is 1. The van der Waals surface area contributed by atoms with E-state index >= 15 is 0 Å². The van der Waals surface area contributed by atoms with E-state index < -0.39 is 11.4 Å². The summed E-state index contributed by atoms with van der Waals surface area (Å²) in [5.41, 5.74) is -0.266. The van der Waals surface area contributed by atoms with E-state index in [-0.39, 0.29) is 18.9 Å². The summed E-state index contributed by atoms with van der Waals surface area (Å²) in [5.74, 6) is -0.732. The van der Waals surface area contributed by atoms with Gasteiger partial charge in [0, 0.05) is 5.92 Å². The summed E-state index contributed by atoms with van der Waals surface area (Å²) in [7, 11) is 0. The number of hydrogen-bond donors (Lipinski definition) is 0. The summed E-state index contributed by atoms with van der Waals surface area (Å²) in [4.78, 5) is 12.2. The van der Waals surface area contributed by atoms with Gasteiger partial charge in [0.25, 0.3) is 0 Å². The average molecular weight is 257 g/mol. The molecule has 0 spiro atoms. The fraction of sp³-hybridized carbons (Fsp3) is 0.375. The van der Waals surface area contributed by atoms with Crippen molar-refractivity contribution in [2.45, 2.75) is 26.2 Å². The molecule has 2 atom stereocenters.